The quantitative estimate of drug-likeness (QED) is 0.537. The van der Waals surface area contributed by atoms with Crippen LogP contribution in [-0.2, 0) is 0 Å². The number of nitrogens with zero attached hydrogens (tertiary/aromatic N) is 3. The molecule has 0 aromatic carbocycles. The van der Waals surface area contributed by atoms with Crippen molar-refractivity contribution in [2.45, 2.75) is 13.8 Å². The minimum absolute atomic E-state index is 0.956. The zero-order chi connectivity index (χ0) is 8.72. The maximum absolute atomic E-state index is 4.43. The zero-order valence-corrected chi connectivity index (χ0v) is 7.70. The fraction of sp³-hybridized carbons (Fsp3) is 0.444. The van der Waals surface area contributed by atoms with Gasteiger partial charge in [-0.15, -0.1) is 0 Å². The van der Waals surface area contributed by atoms with Gasteiger partial charge in [-0.3, -0.25) is 5.01 Å². The lowest BCUT2D eigenvalue weighted by Gasteiger charge is -2.30. The van der Waals surface area contributed by atoms with E-state index in [4.69, 9.17) is 0 Å². The molecule has 2 aliphatic rings. The molecule has 0 N–H and O–H groups in total. The largest absolute Gasteiger partial charge is 0.262 e. The third-order valence-electron chi connectivity index (χ3n) is 2.14. The third kappa shape index (κ3) is 0.975. The number of hydrogen-bond acceptors (Lipinski definition) is 3. The number of hydrazine groups is 1. The molecule has 0 aromatic heterocycles. The molecule has 2 heterocycles. The highest BCUT2D eigenvalue weighted by Crippen LogP contribution is 2.25. The van der Waals surface area contributed by atoms with Crippen LogP contribution in [0.1, 0.15) is 13.8 Å². The van der Waals surface area contributed by atoms with Crippen molar-refractivity contribution in [3.05, 3.63) is 23.7 Å². The van der Waals surface area contributed by atoms with Gasteiger partial charge in [-0.05, 0) is 26.0 Å². The Balaban J connectivity index is 2.39. The Morgan fingerprint density at radius 2 is 2.17 bits per heavy atom. The topological polar surface area (TPSA) is 18.8 Å². The summed E-state index contributed by atoms with van der Waals surface area (Å²) < 4.78 is 0. The Hall–Kier alpha value is -1.09. The van der Waals surface area contributed by atoms with Gasteiger partial charge in [0.1, 0.15) is 5.82 Å². The summed E-state index contributed by atoms with van der Waals surface area (Å²) in [6.07, 6.45) is 4.24. The molecule has 0 amide bonds. The van der Waals surface area contributed by atoms with Gasteiger partial charge < -0.3 is 0 Å². The van der Waals surface area contributed by atoms with Crippen LogP contribution in [0.3, 0.4) is 0 Å². The predicted octanol–water partition coefficient (Wildman–Crippen LogP) is 1.37. The van der Waals surface area contributed by atoms with Gasteiger partial charge in [0.15, 0.2) is 0 Å². The summed E-state index contributed by atoms with van der Waals surface area (Å²) in [6, 6.07) is 0. The van der Waals surface area contributed by atoms with Gasteiger partial charge >= 0.3 is 0 Å². The van der Waals surface area contributed by atoms with E-state index in [1.165, 1.54) is 5.70 Å². The van der Waals surface area contributed by atoms with Crippen LogP contribution in [0.5, 0.6) is 0 Å². The molecule has 2 rings (SSSR count). The first kappa shape index (κ1) is 7.55. The van der Waals surface area contributed by atoms with Crippen LogP contribution in [0.2, 0.25) is 0 Å². The van der Waals surface area contributed by atoms with Crippen LogP contribution in [0.4, 0.5) is 0 Å². The second-order valence-electron chi connectivity index (χ2n) is 3.25. The average molecular weight is 163 g/mol. The van der Waals surface area contributed by atoms with Gasteiger partial charge in [0.25, 0.3) is 0 Å². The lowest BCUT2D eigenvalue weighted by atomic mass is 10.3. The number of allylic oxidation sites excluding steroid dienone is 2. The molecule has 64 valence electrons. The highest BCUT2D eigenvalue weighted by atomic mass is 15.7. The van der Waals surface area contributed by atoms with Crippen molar-refractivity contribution in [1.82, 2.24) is 10.0 Å². The van der Waals surface area contributed by atoms with Gasteiger partial charge in [0.2, 0.25) is 0 Å². The Bertz CT molecular complexity index is 299. The van der Waals surface area contributed by atoms with Gasteiger partial charge in [-0.25, -0.2) is 10.0 Å². The molecule has 0 spiro atoms. The lowest BCUT2D eigenvalue weighted by Crippen LogP contribution is -2.34. The first-order valence-corrected chi connectivity index (χ1v) is 4.13. The molecular weight excluding hydrogens is 150 g/mol. The van der Waals surface area contributed by atoms with Crippen LogP contribution < -0.4 is 0 Å². The summed E-state index contributed by atoms with van der Waals surface area (Å²) in [6.45, 7) is 5.09. The van der Waals surface area contributed by atoms with Crippen molar-refractivity contribution in [3.8, 4) is 0 Å². The van der Waals surface area contributed by atoms with Crippen molar-refractivity contribution < 1.29 is 0 Å². The number of hydrogen-bond donors (Lipinski definition) is 0. The monoisotopic (exact) mass is 163 g/mol. The minimum atomic E-state index is 0.956. The van der Waals surface area contributed by atoms with Crippen LogP contribution in [0.15, 0.2) is 28.7 Å². The highest BCUT2D eigenvalue weighted by Gasteiger charge is 2.23. The number of aliphatic imine (C=N–C) groups is 1. The minimum Gasteiger partial charge on any atom is -0.262 e. The van der Waals surface area contributed by atoms with E-state index in [2.05, 4.69) is 41.1 Å². The van der Waals surface area contributed by atoms with Gasteiger partial charge in [-0.2, -0.15) is 0 Å². The smallest absolute Gasteiger partial charge is 0.144 e. The molecule has 0 aliphatic carbocycles. The van der Waals surface area contributed by atoms with Gasteiger partial charge in [0.05, 0.1) is 0 Å². The van der Waals surface area contributed by atoms with Crippen LogP contribution in [0.25, 0.3) is 0 Å². The summed E-state index contributed by atoms with van der Waals surface area (Å²) in [5.41, 5.74) is 2.33. The third-order valence-corrected chi connectivity index (χ3v) is 2.14. The molecule has 0 atom stereocenters. The fourth-order valence-electron chi connectivity index (χ4n) is 1.68. The SMILES string of the molecule is CC1=CC(C)=NC2=CCN(C)N12. The van der Waals surface area contributed by atoms with E-state index in [0.29, 0.717) is 0 Å². The van der Waals surface area contributed by atoms with Crippen LogP contribution >= 0.6 is 0 Å². The van der Waals surface area contributed by atoms with Crippen molar-refractivity contribution >= 4 is 5.71 Å². The second-order valence-corrected chi connectivity index (χ2v) is 3.25. The Morgan fingerprint density at radius 1 is 1.42 bits per heavy atom. The molecule has 0 aromatic rings. The van der Waals surface area contributed by atoms with E-state index in [9.17, 15) is 0 Å². The van der Waals surface area contributed by atoms with Crippen LogP contribution in [-0.4, -0.2) is 29.3 Å². The first-order chi connectivity index (χ1) is 5.68. The molecule has 12 heavy (non-hydrogen) atoms. The Kier molecular flexibility index (Phi) is 1.54. The molecule has 0 saturated heterocycles. The molecule has 0 bridgehead atoms. The van der Waals surface area contributed by atoms with Gasteiger partial charge in [-0.1, -0.05) is 0 Å². The maximum atomic E-state index is 4.43. The number of likely N-dealkylation sites (N-methyl/N-ethyl adjacent to an activating group) is 1. The summed E-state index contributed by atoms with van der Waals surface area (Å²) >= 11 is 0. The van der Waals surface area contributed by atoms with E-state index in [0.717, 1.165) is 18.1 Å². The Morgan fingerprint density at radius 3 is 2.92 bits per heavy atom. The standard InChI is InChI=1S/C9H13N3/c1-7-6-8(2)12-9(10-7)4-5-11(12)3/h4,6H,5H2,1-3H3. The summed E-state index contributed by atoms with van der Waals surface area (Å²) in [4.78, 5) is 4.43. The van der Waals surface area contributed by atoms with E-state index in [-0.39, 0.29) is 0 Å². The number of fused-ring (bicyclic) bond motifs is 1. The van der Waals surface area contributed by atoms with Crippen molar-refractivity contribution in [2.75, 3.05) is 13.6 Å². The van der Waals surface area contributed by atoms with Crippen LogP contribution in [0, 0.1) is 0 Å². The molecule has 0 radical (unpaired) electrons. The molecular formula is C9H13N3. The normalized spacial score (nSPS) is 23.2. The average Bonchev–Trinajstić information content (AvgIpc) is 2.31. The molecule has 3 heteroatoms. The van der Waals surface area contributed by atoms with E-state index >= 15 is 0 Å². The summed E-state index contributed by atoms with van der Waals surface area (Å²) in [7, 11) is 2.07. The molecule has 0 saturated carbocycles. The predicted molar refractivity (Wildman–Crippen MR) is 49.4 cm³/mol. The molecule has 2 aliphatic heterocycles. The summed E-state index contributed by atoms with van der Waals surface area (Å²) in [5, 5.41) is 4.28. The maximum Gasteiger partial charge on any atom is 0.144 e. The molecule has 0 unspecified atom stereocenters. The molecule has 0 fully saturated rings. The van der Waals surface area contributed by atoms with E-state index in [1.54, 1.807) is 0 Å². The van der Waals surface area contributed by atoms with Gasteiger partial charge in [0, 0.05) is 25.0 Å². The summed E-state index contributed by atoms with van der Waals surface area (Å²) in [5.74, 6) is 1.06. The number of rotatable bonds is 0. The first-order valence-electron chi connectivity index (χ1n) is 4.13. The Labute approximate surface area is 72.7 Å². The lowest BCUT2D eigenvalue weighted by molar-refractivity contribution is 0.109. The second kappa shape index (κ2) is 2.45. The van der Waals surface area contributed by atoms with Crippen molar-refractivity contribution in [2.24, 2.45) is 4.99 Å². The zero-order valence-electron chi connectivity index (χ0n) is 7.70. The van der Waals surface area contributed by atoms with Crippen molar-refractivity contribution in [3.63, 3.8) is 0 Å². The van der Waals surface area contributed by atoms with Crippen molar-refractivity contribution in [1.29, 1.82) is 0 Å². The van der Waals surface area contributed by atoms with E-state index < -0.39 is 0 Å². The fourth-order valence-corrected chi connectivity index (χ4v) is 1.68. The molecule has 3 nitrogen and oxygen atoms in total. The van der Waals surface area contributed by atoms with E-state index in [1.807, 2.05) is 6.92 Å². The highest BCUT2D eigenvalue weighted by molar-refractivity contribution is 5.94.